The first-order chi connectivity index (χ1) is 15.3. The van der Waals surface area contributed by atoms with Gasteiger partial charge in [-0.3, -0.25) is 9.59 Å². The molecule has 0 unspecified atom stereocenters. The van der Waals surface area contributed by atoms with E-state index in [0.717, 1.165) is 28.2 Å². The highest BCUT2D eigenvalue weighted by Crippen LogP contribution is 2.26. The predicted octanol–water partition coefficient (Wildman–Crippen LogP) is 4.60. The molecule has 0 saturated heterocycles. The van der Waals surface area contributed by atoms with Gasteiger partial charge in [-0.25, -0.2) is 5.43 Å². The predicted molar refractivity (Wildman–Crippen MR) is 129 cm³/mol. The van der Waals surface area contributed by atoms with Crippen LogP contribution < -0.4 is 10.7 Å². The Morgan fingerprint density at radius 1 is 1.00 bits per heavy atom. The van der Waals surface area contributed by atoms with E-state index in [4.69, 9.17) is 23.2 Å². The van der Waals surface area contributed by atoms with Gasteiger partial charge in [0.05, 0.1) is 6.21 Å². The van der Waals surface area contributed by atoms with E-state index in [1.807, 2.05) is 66.9 Å². The van der Waals surface area contributed by atoms with E-state index >= 15 is 0 Å². The highest BCUT2D eigenvalue weighted by Gasteiger charge is 2.12. The lowest BCUT2D eigenvalue weighted by atomic mass is 10.1. The number of nitrogens with zero attached hydrogens (tertiary/aromatic N) is 2. The molecule has 0 spiro atoms. The van der Waals surface area contributed by atoms with Crippen molar-refractivity contribution in [1.29, 1.82) is 0 Å². The van der Waals surface area contributed by atoms with E-state index in [-0.39, 0.29) is 12.3 Å². The molecule has 2 N–H and O–H groups in total. The van der Waals surface area contributed by atoms with Gasteiger partial charge in [-0.15, -0.1) is 0 Å². The van der Waals surface area contributed by atoms with Crippen LogP contribution >= 0.6 is 23.2 Å². The molecule has 1 aromatic heterocycles. The van der Waals surface area contributed by atoms with Crippen molar-refractivity contribution >= 4 is 41.2 Å². The molecule has 0 radical (unpaired) electrons. The molecule has 3 aromatic rings. The number of hydrogen-bond acceptors (Lipinski definition) is 3. The summed E-state index contributed by atoms with van der Waals surface area (Å²) >= 11 is 12.3. The van der Waals surface area contributed by atoms with Gasteiger partial charge in [0, 0.05) is 39.2 Å². The summed E-state index contributed by atoms with van der Waals surface area (Å²) < 4.78 is 2.00. The van der Waals surface area contributed by atoms with Crippen molar-refractivity contribution in [3.63, 3.8) is 0 Å². The van der Waals surface area contributed by atoms with Crippen LogP contribution in [0.3, 0.4) is 0 Å². The zero-order chi connectivity index (χ0) is 23.1. The normalized spacial score (nSPS) is 11.0. The lowest BCUT2D eigenvalue weighted by Gasteiger charge is -2.10. The number of carbonyl (C=O) groups excluding carboxylic acids is 2. The molecule has 0 fully saturated rings. The molecule has 0 aliphatic rings. The summed E-state index contributed by atoms with van der Waals surface area (Å²) in [6, 6.07) is 17.1. The van der Waals surface area contributed by atoms with Gasteiger partial charge in [-0.2, -0.15) is 5.10 Å². The van der Waals surface area contributed by atoms with Crippen molar-refractivity contribution < 1.29 is 9.59 Å². The summed E-state index contributed by atoms with van der Waals surface area (Å²) in [5.41, 5.74) is 7.07. The van der Waals surface area contributed by atoms with Crippen LogP contribution in [0.15, 0.2) is 59.7 Å². The number of nitrogens with one attached hydrogen (secondary N) is 2. The second-order valence-electron chi connectivity index (χ2n) is 7.35. The van der Waals surface area contributed by atoms with Gasteiger partial charge in [0.2, 0.25) is 11.8 Å². The summed E-state index contributed by atoms with van der Waals surface area (Å²) in [4.78, 5) is 24.0. The van der Waals surface area contributed by atoms with Crippen molar-refractivity contribution in [3.8, 4) is 5.69 Å². The van der Waals surface area contributed by atoms with Crippen LogP contribution in [-0.2, 0) is 16.0 Å². The van der Waals surface area contributed by atoms with Gasteiger partial charge in [0.1, 0.15) is 6.42 Å². The SMILES string of the molecule is Cc1cc(/C=N/NC(=O)CC(=O)NCCc2ccccc2)c(C)n1-c1cc(Cl)cc(Cl)c1. The van der Waals surface area contributed by atoms with Gasteiger partial charge >= 0.3 is 0 Å². The maximum Gasteiger partial charge on any atom is 0.249 e. The number of aryl methyl sites for hydroxylation is 1. The Labute approximate surface area is 197 Å². The minimum atomic E-state index is -0.478. The van der Waals surface area contributed by atoms with E-state index < -0.39 is 5.91 Å². The molecule has 2 amide bonds. The monoisotopic (exact) mass is 470 g/mol. The van der Waals surface area contributed by atoms with E-state index in [2.05, 4.69) is 15.8 Å². The standard InChI is InChI=1S/C24H24Cl2N4O2/c1-16-10-19(17(2)30(16)22-12-20(25)11-21(26)13-22)15-28-29-24(32)14-23(31)27-9-8-18-6-4-3-5-7-18/h3-7,10-13,15H,8-9,14H2,1-2H3,(H,27,31)(H,29,32)/b28-15+. The van der Waals surface area contributed by atoms with Crippen LogP contribution in [-0.4, -0.2) is 29.1 Å². The minimum Gasteiger partial charge on any atom is -0.355 e. The average Bonchev–Trinajstić information content (AvgIpc) is 3.01. The number of carbonyl (C=O) groups is 2. The first kappa shape index (κ1) is 23.6. The molecule has 0 bridgehead atoms. The van der Waals surface area contributed by atoms with Crippen molar-refractivity contribution in [3.05, 3.63) is 87.2 Å². The fraction of sp³-hybridized carbons (Fsp3) is 0.208. The van der Waals surface area contributed by atoms with E-state index in [0.29, 0.717) is 23.0 Å². The van der Waals surface area contributed by atoms with Crippen molar-refractivity contribution in [2.75, 3.05) is 6.54 Å². The molecule has 2 aromatic carbocycles. The number of hydrogen-bond donors (Lipinski definition) is 2. The van der Waals surface area contributed by atoms with Gasteiger partial charge in [0.15, 0.2) is 0 Å². The quantitative estimate of drug-likeness (QED) is 0.286. The van der Waals surface area contributed by atoms with Gasteiger partial charge in [0.25, 0.3) is 0 Å². The fourth-order valence-electron chi connectivity index (χ4n) is 3.40. The van der Waals surface area contributed by atoms with Crippen LogP contribution in [0.25, 0.3) is 5.69 Å². The number of aromatic nitrogens is 1. The molecule has 0 aliphatic heterocycles. The third-order valence-electron chi connectivity index (χ3n) is 4.87. The Balaban J connectivity index is 1.53. The van der Waals surface area contributed by atoms with Crippen molar-refractivity contribution in [2.24, 2.45) is 5.10 Å². The molecule has 6 nitrogen and oxygen atoms in total. The molecule has 166 valence electrons. The summed E-state index contributed by atoms with van der Waals surface area (Å²) in [6.07, 6.45) is 1.97. The van der Waals surface area contributed by atoms with Crippen LogP contribution in [0.4, 0.5) is 0 Å². The highest BCUT2D eigenvalue weighted by molar-refractivity contribution is 6.34. The fourth-order valence-corrected chi connectivity index (χ4v) is 3.91. The maximum absolute atomic E-state index is 12.0. The summed E-state index contributed by atoms with van der Waals surface area (Å²) in [7, 11) is 0. The third-order valence-corrected chi connectivity index (χ3v) is 5.30. The average molecular weight is 471 g/mol. The molecule has 8 heteroatoms. The van der Waals surface area contributed by atoms with Crippen LogP contribution in [0.1, 0.15) is 28.9 Å². The minimum absolute atomic E-state index is 0.286. The molecule has 32 heavy (non-hydrogen) atoms. The Hall–Kier alpha value is -3.09. The molecule has 3 rings (SSSR count). The number of amides is 2. The van der Waals surface area contributed by atoms with Gasteiger partial charge in [-0.1, -0.05) is 53.5 Å². The summed E-state index contributed by atoms with van der Waals surface area (Å²) in [6.45, 7) is 4.36. The summed E-state index contributed by atoms with van der Waals surface area (Å²) in [5.74, 6) is -0.821. The molecule has 0 atom stereocenters. The van der Waals surface area contributed by atoms with Crippen molar-refractivity contribution in [2.45, 2.75) is 26.7 Å². The third kappa shape index (κ3) is 6.45. The number of halogens is 2. The smallest absolute Gasteiger partial charge is 0.249 e. The highest BCUT2D eigenvalue weighted by atomic mass is 35.5. The first-order valence-corrected chi connectivity index (χ1v) is 10.9. The second kappa shape index (κ2) is 11.0. The topological polar surface area (TPSA) is 75.5 Å². The zero-order valence-electron chi connectivity index (χ0n) is 17.9. The van der Waals surface area contributed by atoms with Crippen LogP contribution in [0.5, 0.6) is 0 Å². The Kier molecular flexibility index (Phi) is 8.09. The van der Waals surface area contributed by atoms with Crippen LogP contribution in [0, 0.1) is 13.8 Å². The molecular weight excluding hydrogens is 447 g/mol. The van der Waals surface area contributed by atoms with Crippen molar-refractivity contribution in [1.82, 2.24) is 15.3 Å². The molecular formula is C24H24Cl2N4O2. The Morgan fingerprint density at radius 3 is 2.38 bits per heavy atom. The molecule has 1 heterocycles. The Bertz CT molecular complexity index is 1120. The lowest BCUT2D eigenvalue weighted by molar-refractivity contribution is -0.129. The van der Waals surface area contributed by atoms with Gasteiger partial charge in [-0.05, 0) is 50.1 Å². The van der Waals surface area contributed by atoms with E-state index in [1.165, 1.54) is 0 Å². The lowest BCUT2D eigenvalue weighted by Crippen LogP contribution is -2.31. The Morgan fingerprint density at radius 2 is 1.69 bits per heavy atom. The molecule has 0 saturated carbocycles. The summed E-state index contributed by atoms with van der Waals surface area (Å²) in [5, 5.41) is 7.83. The van der Waals surface area contributed by atoms with E-state index in [1.54, 1.807) is 12.3 Å². The zero-order valence-corrected chi connectivity index (χ0v) is 19.4. The second-order valence-corrected chi connectivity index (χ2v) is 8.22. The van der Waals surface area contributed by atoms with Crippen LogP contribution in [0.2, 0.25) is 10.0 Å². The number of benzene rings is 2. The number of hydrazone groups is 1. The first-order valence-electron chi connectivity index (χ1n) is 10.1. The number of rotatable bonds is 8. The maximum atomic E-state index is 12.0. The van der Waals surface area contributed by atoms with E-state index in [9.17, 15) is 9.59 Å². The molecule has 0 aliphatic carbocycles. The van der Waals surface area contributed by atoms with Gasteiger partial charge < -0.3 is 9.88 Å². The largest absolute Gasteiger partial charge is 0.355 e.